The lowest BCUT2D eigenvalue weighted by atomic mass is 10.1. The molecule has 1 saturated carbocycles. The highest BCUT2D eigenvalue weighted by Gasteiger charge is 2.29. The van der Waals surface area contributed by atoms with Gasteiger partial charge >= 0.3 is 0 Å². The summed E-state index contributed by atoms with van der Waals surface area (Å²) in [5, 5.41) is 9.32. The second-order valence-electron chi connectivity index (χ2n) is 5.81. The lowest BCUT2D eigenvalue weighted by Crippen LogP contribution is -2.50. The number of anilines is 1. The lowest BCUT2D eigenvalue weighted by Gasteiger charge is -2.37. The van der Waals surface area contributed by atoms with Crippen molar-refractivity contribution in [2.75, 3.05) is 31.1 Å². The van der Waals surface area contributed by atoms with Crippen LogP contribution in [-0.4, -0.2) is 42.1 Å². The molecule has 2 fully saturated rings. The Morgan fingerprint density at radius 1 is 1.00 bits per heavy atom. The van der Waals surface area contributed by atoms with Crippen LogP contribution in [0, 0.1) is 5.92 Å². The summed E-state index contributed by atoms with van der Waals surface area (Å²) in [6, 6.07) is 7.30. The van der Waals surface area contributed by atoms with Gasteiger partial charge in [-0.1, -0.05) is 12.8 Å². The predicted octanol–water partition coefficient (Wildman–Crippen LogP) is 2.23. The van der Waals surface area contributed by atoms with E-state index in [1.165, 1.54) is 12.8 Å². The molecule has 1 heterocycles. The summed E-state index contributed by atoms with van der Waals surface area (Å²) in [5.74, 6) is 0.951. The van der Waals surface area contributed by atoms with E-state index in [9.17, 15) is 9.90 Å². The Morgan fingerprint density at radius 2 is 1.60 bits per heavy atom. The van der Waals surface area contributed by atoms with Gasteiger partial charge in [-0.2, -0.15) is 0 Å². The average Bonchev–Trinajstić information content (AvgIpc) is 3.02. The van der Waals surface area contributed by atoms with Crippen LogP contribution in [0.5, 0.6) is 5.75 Å². The summed E-state index contributed by atoms with van der Waals surface area (Å²) in [6.45, 7) is 3.39. The van der Waals surface area contributed by atoms with Gasteiger partial charge in [-0.05, 0) is 37.1 Å². The van der Waals surface area contributed by atoms with Crippen LogP contribution in [0.4, 0.5) is 5.69 Å². The minimum absolute atomic E-state index is 0.287. The van der Waals surface area contributed by atoms with E-state index in [0.29, 0.717) is 11.7 Å². The van der Waals surface area contributed by atoms with Gasteiger partial charge < -0.3 is 14.9 Å². The first-order chi connectivity index (χ1) is 9.74. The number of amides is 1. The van der Waals surface area contributed by atoms with Crippen molar-refractivity contribution in [2.45, 2.75) is 25.7 Å². The summed E-state index contributed by atoms with van der Waals surface area (Å²) in [6.07, 6.45) is 4.59. The third-order valence-electron chi connectivity index (χ3n) is 4.51. The Hall–Kier alpha value is -1.71. The van der Waals surface area contributed by atoms with Crippen molar-refractivity contribution in [3.8, 4) is 5.75 Å². The van der Waals surface area contributed by atoms with Crippen LogP contribution in [0.2, 0.25) is 0 Å². The van der Waals surface area contributed by atoms with E-state index >= 15 is 0 Å². The minimum Gasteiger partial charge on any atom is -0.508 e. The van der Waals surface area contributed by atoms with Crippen molar-refractivity contribution in [1.82, 2.24) is 4.90 Å². The molecule has 1 N–H and O–H groups in total. The number of rotatable bonds is 2. The molecule has 1 amide bonds. The highest BCUT2D eigenvalue weighted by atomic mass is 16.3. The fourth-order valence-electron chi connectivity index (χ4n) is 3.28. The zero-order chi connectivity index (χ0) is 13.9. The number of piperazine rings is 1. The average molecular weight is 274 g/mol. The van der Waals surface area contributed by atoms with Crippen LogP contribution in [-0.2, 0) is 4.79 Å². The topological polar surface area (TPSA) is 43.8 Å². The van der Waals surface area contributed by atoms with E-state index in [4.69, 9.17) is 0 Å². The molecule has 1 aromatic rings. The Bertz CT molecular complexity index is 458. The van der Waals surface area contributed by atoms with Crippen molar-refractivity contribution in [3.05, 3.63) is 24.3 Å². The predicted molar refractivity (Wildman–Crippen MR) is 78.9 cm³/mol. The number of benzene rings is 1. The van der Waals surface area contributed by atoms with Crippen molar-refractivity contribution < 1.29 is 9.90 Å². The van der Waals surface area contributed by atoms with Gasteiger partial charge in [-0.15, -0.1) is 0 Å². The maximum atomic E-state index is 12.4. The van der Waals surface area contributed by atoms with E-state index in [1.807, 2.05) is 17.0 Å². The van der Waals surface area contributed by atoms with E-state index in [-0.39, 0.29) is 5.92 Å². The number of carbonyl (C=O) groups excluding carboxylic acids is 1. The number of nitrogens with zero attached hydrogens (tertiary/aromatic N) is 2. The third kappa shape index (κ3) is 2.74. The van der Waals surface area contributed by atoms with Crippen LogP contribution in [0.15, 0.2) is 24.3 Å². The van der Waals surface area contributed by atoms with Gasteiger partial charge in [0.2, 0.25) is 5.91 Å². The summed E-state index contributed by atoms with van der Waals surface area (Å²) >= 11 is 0. The van der Waals surface area contributed by atoms with E-state index < -0.39 is 0 Å². The molecule has 0 unspecified atom stereocenters. The Morgan fingerprint density at radius 3 is 2.20 bits per heavy atom. The number of hydrogen-bond donors (Lipinski definition) is 1. The second kappa shape index (κ2) is 5.73. The Kier molecular flexibility index (Phi) is 3.81. The van der Waals surface area contributed by atoms with Crippen LogP contribution >= 0.6 is 0 Å². The summed E-state index contributed by atoms with van der Waals surface area (Å²) in [4.78, 5) is 16.7. The highest BCUT2D eigenvalue weighted by molar-refractivity contribution is 5.79. The maximum absolute atomic E-state index is 12.4. The van der Waals surface area contributed by atoms with Gasteiger partial charge in [-0.3, -0.25) is 4.79 Å². The van der Waals surface area contributed by atoms with Crippen molar-refractivity contribution in [1.29, 1.82) is 0 Å². The van der Waals surface area contributed by atoms with Gasteiger partial charge in [0.1, 0.15) is 5.75 Å². The maximum Gasteiger partial charge on any atom is 0.225 e. The standard InChI is InChI=1S/C16H22N2O2/c19-15-7-5-14(6-8-15)17-9-11-18(12-10-17)16(20)13-3-1-2-4-13/h5-8,13,19H,1-4,9-12H2. The van der Waals surface area contributed by atoms with Crippen LogP contribution < -0.4 is 4.90 Å². The molecule has 1 saturated heterocycles. The van der Waals surface area contributed by atoms with E-state index in [2.05, 4.69) is 4.90 Å². The number of aromatic hydroxyl groups is 1. The summed E-state index contributed by atoms with van der Waals surface area (Å²) in [7, 11) is 0. The smallest absolute Gasteiger partial charge is 0.225 e. The monoisotopic (exact) mass is 274 g/mol. The molecule has 0 aromatic heterocycles. The molecular weight excluding hydrogens is 252 g/mol. The van der Waals surface area contributed by atoms with Crippen LogP contribution in [0.1, 0.15) is 25.7 Å². The molecule has 1 aliphatic carbocycles. The van der Waals surface area contributed by atoms with E-state index in [0.717, 1.165) is 44.7 Å². The normalized spacial score (nSPS) is 20.4. The van der Waals surface area contributed by atoms with Crippen molar-refractivity contribution in [3.63, 3.8) is 0 Å². The first-order valence-electron chi connectivity index (χ1n) is 7.57. The molecule has 0 atom stereocenters. The molecule has 3 rings (SSSR count). The number of phenols is 1. The zero-order valence-corrected chi connectivity index (χ0v) is 11.8. The molecule has 0 bridgehead atoms. The molecule has 0 spiro atoms. The molecule has 1 aromatic carbocycles. The fourth-order valence-corrected chi connectivity index (χ4v) is 3.28. The molecular formula is C16H22N2O2. The zero-order valence-electron chi connectivity index (χ0n) is 11.8. The first kappa shape index (κ1) is 13.3. The summed E-state index contributed by atoms with van der Waals surface area (Å²) in [5.41, 5.74) is 1.12. The van der Waals surface area contributed by atoms with E-state index in [1.54, 1.807) is 12.1 Å². The second-order valence-corrected chi connectivity index (χ2v) is 5.81. The van der Waals surface area contributed by atoms with Crippen LogP contribution in [0.25, 0.3) is 0 Å². The molecule has 20 heavy (non-hydrogen) atoms. The first-order valence-corrected chi connectivity index (χ1v) is 7.57. The minimum atomic E-state index is 0.287. The molecule has 0 radical (unpaired) electrons. The number of phenolic OH excluding ortho intramolecular Hbond substituents is 1. The fraction of sp³-hybridized carbons (Fsp3) is 0.562. The summed E-state index contributed by atoms with van der Waals surface area (Å²) < 4.78 is 0. The van der Waals surface area contributed by atoms with Gasteiger partial charge in [0.05, 0.1) is 0 Å². The Balaban J connectivity index is 1.56. The highest BCUT2D eigenvalue weighted by Crippen LogP contribution is 2.27. The molecule has 4 heteroatoms. The molecule has 108 valence electrons. The molecule has 2 aliphatic rings. The van der Waals surface area contributed by atoms with Gasteiger partial charge in [-0.25, -0.2) is 0 Å². The molecule has 1 aliphatic heterocycles. The lowest BCUT2D eigenvalue weighted by molar-refractivity contribution is -0.135. The van der Waals surface area contributed by atoms with Crippen molar-refractivity contribution >= 4 is 11.6 Å². The number of hydrogen-bond acceptors (Lipinski definition) is 3. The van der Waals surface area contributed by atoms with Gasteiger partial charge in [0.25, 0.3) is 0 Å². The SMILES string of the molecule is O=C(C1CCCC1)N1CCN(c2ccc(O)cc2)CC1. The molecule has 4 nitrogen and oxygen atoms in total. The number of carbonyl (C=O) groups is 1. The van der Waals surface area contributed by atoms with Gasteiger partial charge in [0.15, 0.2) is 0 Å². The van der Waals surface area contributed by atoms with Crippen molar-refractivity contribution in [2.24, 2.45) is 5.92 Å². The van der Waals surface area contributed by atoms with Crippen LogP contribution in [0.3, 0.4) is 0 Å². The quantitative estimate of drug-likeness (QED) is 0.899. The third-order valence-corrected chi connectivity index (χ3v) is 4.51. The largest absolute Gasteiger partial charge is 0.508 e. The van der Waals surface area contributed by atoms with Gasteiger partial charge in [0, 0.05) is 37.8 Å². The Labute approximate surface area is 120 Å².